The van der Waals surface area contributed by atoms with E-state index in [4.69, 9.17) is 0 Å². The largest absolute Gasteiger partial charge is 0.530 e. The van der Waals surface area contributed by atoms with E-state index in [0.717, 1.165) is 19.6 Å². The van der Waals surface area contributed by atoms with Crippen LogP contribution in [0.1, 0.15) is 12.8 Å². The minimum atomic E-state index is 0. The molecule has 1 rings (SSSR count). The fourth-order valence-electron chi connectivity index (χ4n) is 1.27. The zero-order valence-electron chi connectivity index (χ0n) is 6.60. The maximum Gasteiger partial charge on any atom is 0 e. The third-order valence-electron chi connectivity index (χ3n) is 1.92. The number of rotatable bonds is 3. The maximum absolute atomic E-state index is 9.80. The zero-order chi connectivity index (χ0) is 7.23. The van der Waals surface area contributed by atoms with E-state index in [-0.39, 0.29) is 32.7 Å². The Morgan fingerprint density at radius 2 is 2.09 bits per heavy atom. The molecule has 0 aromatic rings. The molecule has 4 heteroatoms. The second-order valence-electron chi connectivity index (χ2n) is 2.68. The summed E-state index contributed by atoms with van der Waals surface area (Å²) in [7, 11) is 0. The molecule has 0 aliphatic carbocycles. The molecule has 0 aromatic heterocycles. The van der Waals surface area contributed by atoms with Crippen molar-refractivity contribution in [3.05, 3.63) is 0 Å². The molecule has 1 aliphatic heterocycles. The second-order valence-corrected chi connectivity index (χ2v) is 2.68. The Kier molecular flexibility index (Phi) is 7.55. The van der Waals surface area contributed by atoms with Gasteiger partial charge in [0.1, 0.15) is 0 Å². The summed E-state index contributed by atoms with van der Waals surface area (Å²) in [5.74, 6) is 0.669. The maximum atomic E-state index is 9.80. The van der Waals surface area contributed by atoms with Gasteiger partial charge in [-0.05, 0) is 38.4 Å². The van der Waals surface area contributed by atoms with E-state index in [2.05, 4.69) is 10.6 Å². The first kappa shape index (κ1) is 11.5. The molecule has 0 saturated carbocycles. The van der Waals surface area contributed by atoms with Crippen LogP contribution in [0.2, 0.25) is 0 Å². The molecule has 1 fully saturated rings. The van der Waals surface area contributed by atoms with Crippen molar-refractivity contribution in [1.82, 2.24) is 10.6 Å². The van der Waals surface area contributed by atoms with Crippen molar-refractivity contribution >= 4 is 6.41 Å². The van der Waals surface area contributed by atoms with Crippen LogP contribution in [-0.4, -0.2) is 26.0 Å². The molecule has 0 bridgehead atoms. The molecule has 0 aromatic carbocycles. The molecule has 1 amide bonds. The zero-order valence-corrected chi connectivity index (χ0v) is 9.44. The van der Waals surface area contributed by atoms with Gasteiger partial charge in [0.2, 0.25) is 0 Å². The van der Waals surface area contributed by atoms with Gasteiger partial charge in [-0.3, -0.25) is 0 Å². The molecular formula is C7H13N2OY-. The molecule has 1 saturated heterocycles. The van der Waals surface area contributed by atoms with Crippen LogP contribution < -0.4 is 10.6 Å². The summed E-state index contributed by atoms with van der Waals surface area (Å²) in [6.45, 7) is 2.97. The summed E-state index contributed by atoms with van der Waals surface area (Å²) < 4.78 is 0. The Hall–Kier alpha value is 0.534. The minimum absolute atomic E-state index is 0. The first-order chi connectivity index (χ1) is 4.93. The SMILES string of the molecule is O=[C-]NCC1CCNCC1.[Y]. The van der Waals surface area contributed by atoms with E-state index in [9.17, 15) is 4.79 Å². The average Bonchev–Trinajstić information content (AvgIpc) is 2.03. The van der Waals surface area contributed by atoms with Gasteiger partial charge < -0.3 is 15.4 Å². The number of carbonyl (C=O) groups excluding carboxylic acids is 1. The number of amides is 1. The van der Waals surface area contributed by atoms with Crippen molar-refractivity contribution in [2.75, 3.05) is 19.6 Å². The molecule has 2 N–H and O–H groups in total. The van der Waals surface area contributed by atoms with E-state index in [1.165, 1.54) is 12.8 Å². The summed E-state index contributed by atoms with van der Waals surface area (Å²) in [5.41, 5.74) is 0. The Balaban J connectivity index is 0.000001000. The topological polar surface area (TPSA) is 41.1 Å². The number of piperidine rings is 1. The van der Waals surface area contributed by atoms with Gasteiger partial charge in [0.05, 0.1) is 0 Å². The van der Waals surface area contributed by atoms with Gasteiger partial charge in [0.15, 0.2) is 0 Å². The van der Waals surface area contributed by atoms with Gasteiger partial charge in [0, 0.05) is 32.7 Å². The van der Waals surface area contributed by atoms with E-state index < -0.39 is 0 Å². The summed E-state index contributed by atoms with van der Waals surface area (Å²) in [6.07, 6.45) is 4.05. The predicted molar refractivity (Wildman–Crippen MR) is 39.3 cm³/mol. The van der Waals surface area contributed by atoms with E-state index in [0.29, 0.717) is 5.92 Å². The van der Waals surface area contributed by atoms with Gasteiger partial charge in [-0.2, -0.15) is 6.41 Å². The molecule has 1 radical (unpaired) electrons. The quantitative estimate of drug-likeness (QED) is 0.513. The van der Waals surface area contributed by atoms with Crippen molar-refractivity contribution in [2.45, 2.75) is 12.8 Å². The second kappa shape index (κ2) is 7.20. The Morgan fingerprint density at radius 3 is 2.64 bits per heavy atom. The molecule has 61 valence electrons. The first-order valence-corrected chi connectivity index (χ1v) is 3.74. The van der Waals surface area contributed by atoms with Crippen molar-refractivity contribution < 1.29 is 37.5 Å². The first-order valence-electron chi connectivity index (χ1n) is 3.74. The predicted octanol–water partition coefficient (Wildman–Crippen LogP) is -0.360. The van der Waals surface area contributed by atoms with Crippen LogP contribution in [0.4, 0.5) is 0 Å². The molecule has 3 nitrogen and oxygen atoms in total. The van der Waals surface area contributed by atoms with Crippen molar-refractivity contribution in [2.24, 2.45) is 5.92 Å². The molecule has 1 heterocycles. The van der Waals surface area contributed by atoms with E-state index in [1.54, 1.807) is 6.41 Å². The Labute approximate surface area is 92.6 Å². The molecular weight excluding hydrogens is 217 g/mol. The van der Waals surface area contributed by atoms with E-state index >= 15 is 0 Å². The molecule has 1 aliphatic rings. The van der Waals surface area contributed by atoms with Gasteiger partial charge in [-0.15, -0.1) is 0 Å². The van der Waals surface area contributed by atoms with Crippen molar-refractivity contribution in [3.63, 3.8) is 0 Å². The summed E-state index contributed by atoms with van der Waals surface area (Å²) in [5, 5.41) is 5.85. The fraction of sp³-hybridized carbons (Fsp3) is 0.857. The van der Waals surface area contributed by atoms with Crippen LogP contribution in [0, 0.1) is 5.92 Å². The average molecular weight is 230 g/mol. The normalized spacial score (nSPS) is 18.5. The summed E-state index contributed by atoms with van der Waals surface area (Å²) >= 11 is 0. The molecule has 11 heavy (non-hydrogen) atoms. The molecule has 0 unspecified atom stereocenters. The number of hydrogen-bond acceptors (Lipinski definition) is 2. The minimum Gasteiger partial charge on any atom is -0.530 e. The van der Waals surface area contributed by atoms with Crippen LogP contribution in [0.25, 0.3) is 0 Å². The van der Waals surface area contributed by atoms with Crippen molar-refractivity contribution in [3.8, 4) is 0 Å². The number of nitrogens with one attached hydrogen (secondary N) is 2. The monoisotopic (exact) mass is 230 g/mol. The van der Waals surface area contributed by atoms with Crippen molar-refractivity contribution in [1.29, 1.82) is 0 Å². The van der Waals surface area contributed by atoms with Crippen LogP contribution in [-0.2, 0) is 37.5 Å². The van der Waals surface area contributed by atoms with Crippen LogP contribution in [0.5, 0.6) is 0 Å². The molecule has 0 spiro atoms. The fourth-order valence-corrected chi connectivity index (χ4v) is 1.27. The van der Waals surface area contributed by atoms with Gasteiger partial charge in [-0.1, -0.05) is 0 Å². The summed E-state index contributed by atoms with van der Waals surface area (Å²) in [6, 6.07) is 0. The van der Waals surface area contributed by atoms with E-state index in [1.807, 2.05) is 0 Å². The third-order valence-corrected chi connectivity index (χ3v) is 1.92. The van der Waals surface area contributed by atoms with Gasteiger partial charge in [0.25, 0.3) is 0 Å². The number of hydrogen-bond donors (Lipinski definition) is 2. The van der Waals surface area contributed by atoms with Crippen LogP contribution >= 0.6 is 0 Å². The summed E-state index contributed by atoms with van der Waals surface area (Å²) in [4.78, 5) is 9.80. The van der Waals surface area contributed by atoms with Gasteiger partial charge >= 0.3 is 0 Å². The third kappa shape index (κ3) is 4.88. The molecule has 0 atom stereocenters. The smallest absolute Gasteiger partial charge is 0 e. The standard InChI is InChI=1S/C7H13N2O.Y/c10-6-9-5-7-1-3-8-4-2-7;/h7-8H,1-5H2,(H,9,10);/q-1;. The van der Waals surface area contributed by atoms with Crippen LogP contribution in [0.15, 0.2) is 0 Å². The Bertz CT molecular complexity index is 105. The Morgan fingerprint density at radius 1 is 1.45 bits per heavy atom. The van der Waals surface area contributed by atoms with Gasteiger partial charge in [-0.25, -0.2) is 0 Å². The van der Waals surface area contributed by atoms with Crippen LogP contribution in [0.3, 0.4) is 0 Å².